The van der Waals surface area contributed by atoms with Crippen LogP contribution in [0.2, 0.25) is 10.0 Å². The molecule has 1 fully saturated rings. The van der Waals surface area contributed by atoms with E-state index in [2.05, 4.69) is 5.32 Å². The highest BCUT2D eigenvalue weighted by molar-refractivity contribution is 6.36. The molecular formula is C20H23Cl2N2O3+. The first-order valence-electron chi connectivity index (χ1n) is 8.85. The van der Waals surface area contributed by atoms with Crippen LogP contribution in [0.15, 0.2) is 48.5 Å². The van der Waals surface area contributed by atoms with Crippen molar-refractivity contribution >= 4 is 29.1 Å². The lowest BCUT2D eigenvalue weighted by Gasteiger charge is -2.39. The molecule has 3 N–H and O–H groups in total. The van der Waals surface area contributed by atoms with Gasteiger partial charge in [-0.2, -0.15) is 4.65 Å². The Morgan fingerprint density at radius 2 is 1.78 bits per heavy atom. The Kier molecular flexibility index (Phi) is 6.08. The molecule has 0 aliphatic carbocycles. The number of amides is 1. The van der Waals surface area contributed by atoms with Gasteiger partial charge in [-0.1, -0.05) is 59.6 Å². The van der Waals surface area contributed by atoms with Crippen molar-refractivity contribution in [1.82, 2.24) is 5.32 Å². The van der Waals surface area contributed by atoms with E-state index < -0.39 is 22.8 Å². The maximum atomic E-state index is 12.0. The van der Waals surface area contributed by atoms with Crippen LogP contribution in [-0.2, 0) is 4.79 Å². The molecule has 4 atom stereocenters. The minimum atomic E-state index is -0.672. The van der Waals surface area contributed by atoms with Crippen molar-refractivity contribution in [2.24, 2.45) is 0 Å². The summed E-state index contributed by atoms with van der Waals surface area (Å²) in [5.74, 6) is -0.233. The van der Waals surface area contributed by atoms with Gasteiger partial charge in [-0.3, -0.25) is 4.79 Å². The summed E-state index contributed by atoms with van der Waals surface area (Å²) in [6, 6.07) is 13.3. The molecule has 2 aromatic rings. The summed E-state index contributed by atoms with van der Waals surface area (Å²) in [5, 5.41) is 25.4. The number of carbonyl (C=O) groups is 1. The molecule has 3 rings (SSSR count). The minimum absolute atomic E-state index is 0.134. The van der Waals surface area contributed by atoms with Crippen molar-refractivity contribution in [3.05, 3.63) is 69.7 Å². The molecule has 1 saturated heterocycles. The number of rotatable bonds is 5. The normalized spacial score (nSPS) is 24.4. The van der Waals surface area contributed by atoms with Crippen molar-refractivity contribution in [2.45, 2.75) is 31.5 Å². The number of aliphatic hydroxyl groups is 1. The maximum Gasteiger partial charge on any atom is 0.217 e. The Morgan fingerprint density at radius 1 is 1.15 bits per heavy atom. The topological polar surface area (TPSA) is 69.6 Å². The van der Waals surface area contributed by atoms with Gasteiger partial charge in [0.25, 0.3) is 0 Å². The van der Waals surface area contributed by atoms with E-state index in [4.69, 9.17) is 23.2 Å². The van der Waals surface area contributed by atoms with Crippen molar-refractivity contribution in [3.8, 4) is 0 Å². The third-order valence-electron chi connectivity index (χ3n) is 5.02. The van der Waals surface area contributed by atoms with Gasteiger partial charge in [0.1, 0.15) is 25.2 Å². The molecule has 0 radical (unpaired) electrons. The summed E-state index contributed by atoms with van der Waals surface area (Å²) in [6.45, 7) is 1.90. The Labute approximate surface area is 168 Å². The van der Waals surface area contributed by atoms with Crippen LogP contribution in [0, 0.1) is 0 Å². The van der Waals surface area contributed by atoms with E-state index in [9.17, 15) is 15.1 Å². The van der Waals surface area contributed by atoms with Crippen molar-refractivity contribution in [1.29, 1.82) is 0 Å². The first-order chi connectivity index (χ1) is 12.8. The zero-order chi connectivity index (χ0) is 19.6. The van der Waals surface area contributed by atoms with Gasteiger partial charge in [0.2, 0.25) is 5.91 Å². The molecule has 1 aliphatic heterocycles. The number of likely N-dealkylation sites (tertiary alicyclic amines) is 1. The molecule has 0 spiro atoms. The second-order valence-corrected chi connectivity index (χ2v) is 7.82. The summed E-state index contributed by atoms with van der Waals surface area (Å²) in [4.78, 5) is 12.0. The summed E-state index contributed by atoms with van der Waals surface area (Å²) in [7, 11) is 0. The Hall–Kier alpha value is -1.63. The van der Waals surface area contributed by atoms with Crippen molar-refractivity contribution < 1.29 is 19.8 Å². The molecule has 0 saturated carbocycles. The van der Waals surface area contributed by atoms with Crippen LogP contribution in [0.25, 0.3) is 0 Å². The number of hydrogen-bond acceptors (Lipinski definition) is 3. The van der Waals surface area contributed by atoms with Crippen LogP contribution in [0.5, 0.6) is 0 Å². The molecule has 7 heteroatoms. The van der Waals surface area contributed by atoms with Gasteiger partial charge >= 0.3 is 0 Å². The largest absolute Gasteiger partial charge is 0.387 e. The Balaban J connectivity index is 2.19. The average molecular weight is 410 g/mol. The lowest BCUT2D eigenvalue weighted by atomic mass is 9.91. The number of halogens is 2. The molecule has 0 bridgehead atoms. The monoisotopic (exact) mass is 409 g/mol. The number of nitrogens with one attached hydrogen (secondary N) is 1. The molecular weight excluding hydrogens is 387 g/mol. The zero-order valence-corrected chi connectivity index (χ0v) is 16.5. The summed E-state index contributed by atoms with van der Waals surface area (Å²) in [5.41, 5.74) is 1.38. The fourth-order valence-corrected chi connectivity index (χ4v) is 4.50. The van der Waals surface area contributed by atoms with E-state index in [1.54, 1.807) is 18.2 Å². The fourth-order valence-electron chi connectivity index (χ4n) is 3.87. The average Bonchev–Trinajstić information content (AvgIpc) is 2.97. The van der Waals surface area contributed by atoms with Gasteiger partial charge in [0.05, 0.1) is 15.6 Å². The number of carbonyl (C=O) groups excluding carboxylic acids is 1. The predicted molar refractivity (Wildman–Crippen MR) is 105 cm³/mol. The van der Waals surface area contributed by atoms with Crippen LogP contribution in [0.1, 0.15) is 36.6 Å². The molecule has 5 nitrogen and oxygen atoms in total. The standard InChI is InChI=1S/C20H22Cl2N2O3/c1-13(25)23-19(14-6-3-2-4-7-14)20(24(27)11-10-15(26)12-24)18-16(21)8-5-9-17(18)22/h2-9,15,19-20,26-27H,10-12H2,1H3/p+1/t15-,19-,20?,24?/m0/s1. The molecule has 2 unspecified atom stereocenters. The van der Waals surface area contributed by atoms with Crippen molar-refractivity contribution in [2.75, 3.05) is 13.1 Å². The molecule has 1 heterocycles. The molecule has 1 amide bonds. The quantitative estimate of drug-likeness (QED) is 0.656. The highest BCUT2D eigenvalue weighted by Gasteiger charge is 2.50. The van der Waals surface area contributed by atoms with Gasteiger partial charge in [0.15, 0.2) is 6.04 Å². The summed E-state index contributed by atoms with van der Waals surface area (Å²) < 4.78 is -0.454. The van der Waals surface area contributed by atoms with Gasteiger partial charge in [-0.05, 0) is 17.7 Å². The number of aliphatic hydroxyl groups excluding tert-OH is 1. The molecule has 0 aromatic heterocycles. The SMILES string of the molecule is CC(=O)N[C@@H](c1ccccc1)C(c1c(Cl)cccc1Cl)[N+]1(O)CC[C@H](O)C1. The number of hydrogen-bond donors (Lipinski definition) is 3. The zero-order valence-electron chi connectivity index (χ0n) is 15.0. The number of nitrogens with zero attached hydrogens (tertiary/aromatic N) is 1. The third-order valence-corrected chi connectivity index (χ3v) is 5.68. The predicted octanol–water partition coefficient (Wildman–Crippen LogP) is 3.88. The van der Waals surface area contributed by atoms with Crippen LogP contribution in [0.4, 0.5) is 0 Å². The molecule has 1 aliphatic rings. The first-order valence-corrected chi connectivity index (χ1v) is 9.61. The Bertz CT molecular complexity index is 798. The highest BCUT2D eigenvalue weighted by Crippen LogP contribution is 2.45. The fraction of sp³-hybridized carbons (Fsp3) is 0.350. The van der Waals surface area contributed by atoms with E-state index in [1.165, 1.54) is 6.92 Å². The highest BCUT2D eigenvalue weighted by atomic mass is 35.5. The lowest BCUT2D eigenvalue weighted by Crippen LogP contribution is -2.51. The van der Waals surface area contributed by atoms with Crippen molar-refractivity contribution in [3.63, 3.8) is 0 Å². The smallest absolute Gasteiger partial charge is 0.217 e. The van der Waals surface area contributed by atoms with E-state index in [1.807, 2.05) is 30.3 Å². The van der Waals surface area contributed by atoms with E-state index in [0.29, 0.717) is 28.6 Å². The maximum absolute atomic E-state index is 12.0. The Morgan fingerprint density at radius 3 is 2.30 bits per heavy atom. The number of quaternary nitrogens is 1. The van der Waals surface area contributed by atoms with Crippen LogP contribution < -0.4 is 5.32 Å². The van der Waals surface area contributed by atoms with E-state index in [-0.39, 0.29) is 12.5 Å². The second-order valence-electron chi connectivity index (χ2n) is 7.00. The minimum Gasteiger partial charge on any atom is -0.387 e. The lowest BCUT2D eigenvalue weighted by molar-refractivity contribution is -1.12. The molecule has 144 valence electrons. The van der Waals surface area contributed by atoms with Crippen LogP contribution in [0.3, 0.4) is 0 Å². The summed E-state index contributed by atoms with van der Waals surface area (Å²) >= 11 is 13.0. The third kappa shape index (κ3) is 4.28. The van der Waals surface area contributed by atoms with Gasteiger partial charge in [0, 0.05) is 13.3 Å². The van der Waals surface area contributed by atoms with Crippen LogP contribution >= 0.6 is 23.2 Å². The number of benzene rings is 2. The molecule has 27 heavy (non-hydrogen) atoms. The van der Waals surface area contributed by atoms with Gasteiger partial charge in [-0.25, -0.2) is 5.21 Å². The molecule has 2 aromatic carbocycles. The van der Waals surface area contributed by atoms with E-state index in [0.717, 1.165) is 5.56 Å². The summed E-state index contributed by atoms with van der Waals surface area (Å²) in [6.07, 6.45) is -0.177. The number of hydroxylamine groups is 3. The van der Waals surface area contributed by atoms with Crippen LogP contribution in [-0.4, -0.2) is 40.1 Å². The van der Waals surface area contributed by atoms with E-state index >= 15 is 0 Å². The first kappa shape index (κ1) is 20.1. The second kappa shape index (κ2) is 8.17. The van der Waals surface area contributed by atoms with Gasteiger partial charge in [-0.15, -0.1) is 0 Å². The van der Waals surface area contributed by atoms with Gasteiger partial charge < -0.3 is 10.4 Å².